The molecule has 15 heavy (non-hydrogen) atoms. The van der Waals surface area contributed by atoms with Gasteiger partial charge in [-0.15, -0.1) is 0 Å². The average Bonchev–Trinajstić information content (AvgIpc) is 2.59. The van der Waals surface area contributed by atoms with Gasteiger partial charge in [0.2, 0.25) is 0 Å². The van der Waals surface area contributed by atoms with E-state index in [2.05, 4.69) is 4.98 Å². The molecule has 80 valence electrons. The van der Waals surface area contributed by atoms with Gasteiger partial charge in [0, 0.05) is 0 Å². The van der Waals surface area contributed by atoms with E-state index in [4.69, 9.17) is 9.15 Å². The lowest BCUT2D eigenvalue weighted by Gasteiger charge is -2.02. The number of aromatic hydroxyl groups is 1. The Hall–Kier alpha value is -1.71. The van der Waals surface area contributed by atoms with Crippen LogP contribution in [0.4, 0.5) is 0 Å². The van der Waals surface area contributed by atoms with Gasteiger partial charge in [0.25, 0.3) is 0 Å². The number of phenolic OH excluding ortho intramolecular Hbond substituents is 1. The van der Waals surface area contributed by atoms with Gasteiger partial charge in [-0.25, -0.2) is 0 Å². The maximum absolute atomic E-state index is 9.48. The van der Waals surface area contributed by atoms with Gasteiger partial charge < -0.3 is 14.3 Å². The highest BCUT2D eigenvalue weighted by molar-refractivity contribution is 5.79. The van der Waals surface area contributed by atoms with Gasteiger partial charge in [0.15, 0.2) is 11.1 Å². The van der Waals surface area contributed by atoms with Crippen molar-refractivity contribution < 1.29 is 14.3 Å². The van der Waals surface area contributed by atoms with E-state index >= 15 is 0 Å². The lowest BCUT2D eigenvalue weighted by atomic mass is 10.2. The predicted molar refractivity (Wildman–Crippen MR) is 56.0 cm³/mol. The van der Waals surface area contributed by atoms with Crippen molar-refractivity contribution in [3.63, 3.8) is 0 Å². The van der Waals surface area contributed by atoms with Crippen LogP contribution in [0.25, 0.3) is 11.1 Å². The third kappa shape index (κ3) is 2.03. The molecule has 1 heterocycles. The Morgan fingerprint density at radius 3 is 2.93 bits per heavy atom. The van der Waals surface area contributed by atoms with Crippen molar-refractivity contribution in [1.82, 2.24) is 4.98 Å². The first-order valence-electron chi connectivity index (χ1n) is 4.88. The van der Waals surface area contributed by atoms with Crippen molar-refractivity contribution in [1.29, 1.82) is 0 Å². The van der Waals surface area contributed by atoms with E-state index < -0.39 is 0 Å². The molecule has 2 rings (SSSR count). The molecule has 0 unspecified atom stereocenters. The summed E-state index contributed by atoms with van der Waals surface area (Å²) >= 11 is 0. The van der Waals surface area contributed by atoms with Gasteiger partial charge in [0.05, 0.1) is 6.61 Å². The summed E-state index contributed by atoms with van der Waals surface area (Å²) in [5, 5.41) is 9.48. The van der Waals surface area contributed by atoms with E-state index in [1.54, 1.807) is 18.2 Å². The number of benzene rings is 1. The van der Waals surface area contributed by atoms with Crippen molar-refractivity contribution >= 4 is 11.1 Å². The van der Waals surface area contributed by atoms with Crippen LogP contribution in [0.1, 0.15) is 13.8 Å². The maximum Gasteiger partial charge on any atom is 0.394 e. The fourth-order valence-corrected chi connectivity index (χ4v) is 1.21. The zero-order chi connectivity index (χ0) is 10.8. The maximum atomic E-state index is 9.48. The quantitative estimate of drug-likeness (QED) is 0.840. The molecule has 1 aromatic carbocycles. The molecule has 0 aliphatic rings. The number of hydrogen-bond donors (Lipinski definition) is 1. The van der Waals surface area contributed by atoms with E-state index in [-0.39, 0.29) is 11.8 Å². The van der Waals surface area contributed by atoms with Crippen LogP contribution in [0.2, 0.25) is 0 Å². The standard InChI is InChI=1S/C11H13NO3/c1-7(2)6-14-11-12-10-8(13)4-3-5-9(10)15-11/h3-5,7,13H,6H2,1-2H3. The van der Waals surface area contributed by atoms with Gasteiger partial charge in [-0.2, -0.15) is 4.98 Å². The molecule has 1 N–H and O–H groups in total. The third-order valence-corrected chi connectivity index (χ3v) is 1.92. The molecule has 4 heteroatoms. The van der Waals surface area contributed by atoms with Gasteiger partial charge in [0.1, 0.15) is 5.75 Å². The first-order valence-corrected chi connectivity index (χ1v) is 4.88. The monoisotopic (exact) mass is 207 g/mol. The fraction of sp³-hybridized carbons (Fsp3) is 0.364. The highest BCUT2D eigenvalue weighted by Gasteiger charge is 2.10. The highest BCUT2D eigenvalue weighted by atomic mass is 16.6. The number of hydrogen-bond acceptors (Lipinski definition) is 4. The smallest absolute Gasteiger partial charge is 0.394 e. The normalized spacial score (nSPS) is 11.1. The zero-order valence-corrected chi connectivity index (χ0v) is 8.73. The molecule has 0 fully saturated rings. The summed E-state index contributed by atoms with van der Waals surface area (Å²) in [4.78, 5) is 4.05. The number of phenols is 1. The van der Waals surface area contributed by atoms with E-state index in [1.807, 2.05) is 13.8 Å². The van der Waals surface area contributed by atoms with E-state index in [1.165, 1.54) is 0 Å². The van der Waals surface area contributed by atoms with Gasteiger partial charge >= 0.3 is 6.08 Å². The molecule has 0 aliphatic carbocycles. The Morgan fingerprint density at radius 2 is 2.27 bits per heavy atom. The van der Waals surface area contributed by atoms with E-state index in [0.29, 0.717) is 23.6 Å². The molecule has 1 aromatic heterocycles. The first kappa shape index (κ1) is 9.83. The highest BCUT2D eigenvalue weighted by Crippen LogP contribution is 2.27. The predicted octanol–water partition coefficient (Wildman–Crippen LogP) is 2.57. The summed E-state index contributed by atoms with van der Waals surface area (Å²) in [5.41, 5.74) is 0.977. The Kier molecular flexibility index (Phi) is 2.49. The summed E-state index contributed by atoms with van der Waals surface area (Å²) < 4.78 is 10.6. The number of oxazole rings is 1. The molecule has 0 saturated carbocycles. The average molecular weight is 207 g/mol. The van der Waals surface area contributed by atoms with Crippen LogP contribution in [0, 0.1) is 5.92 Å². The van der Waals surface area contributed by atoms with Crippen molar-refractivity contribution in [3.05, 3.63) is 18.2 Å². The van der Waals surface area contributed by atoms with Gasteiger partial charge in [-0.05, 0) is 18.1 Å². The number of aromatic nitrogens is 1. The van der Waals surface area contributed by atoms with Crippen molar-refractivity contribution in [2.24, 2.45) is 5.92 Å². The lowest BCUT2D eigenvalue weighted by molar-refractivity contribution is 0.207. The van der Waals surface area contributed by atoms with Crippen molar-refractivity contribution in [3.8, 4) is 11.8 Å². The number of para-hydroxylation sites is 1. The SMILES string of the molecule is CC(C)COc1nc2c(O)cccc2o1. The van der Waals surface area contributed by atoms with E-state index in [9.17, 15) is 5.11 Å². The minimum atomic E-state index is 0.107. The minimum Gasteiger partial charge on any atom is -0.506 e. The number of ether oxygens (including phenoxy) is 1. The van der Waals surface area contributed by atoms with Gasteiger partial charge in [-0.3, -0.25) is 0 Å². The molecule has 0 bridgehead atoms. The molecule has 0 atom stereocenters. The Balaban J connectivity index is 2.27. The first-order chi connectivity index (χ1) is 7.16. The second kappa shape index (κ2) is 3.81. The second-order valence-corrected chi connectivity index (χ2v) is 3.81. The molecule has 0 saturated heterocycles. The van der Waals surface area contributed by atoms with Crippen LogP contribution in [0.3, 0.4) is 0 Å². The van der Waals surface area contributed by atoms with Crippen LogP contribution in [0.15, 0.2) is 22.6 Å². The minimum absolute atomic E-state index is 0.107. The molecular weight excluding hydrogens is 194 g/mol. The summed E-state index contributed by atoms with van der Waals surface area (Å²) in [6.45, 7) is 4.63. The molecule has 0 aliphatic heterocycles. The summed E-state index contributed by atoms with van der Waals surface area (Å²) in [7, 11) is 0. The summed E-state index contributed by atoms with van der Waals surface area (Å²) in [5.74, 6) is 0.518. The zero-order valence-electron chi connectivity index (χ0n) is 8.73. The lowest BCUT2D eigenvalue weighted by Crippen LogP contribution is -2.04. The largest absolute Gasteiger partial charge is 0.506 e. The fourth-order valence-electron chi connectivity index (χ4n) is 1.21. The third-order valence-electron chi connectivity index (χ3n) is 1.92. The van der Waals surface area contributed by atoms with Crippen molar-refractivity contribution in [2.45, 2.75) is 13.8 Å². The van der Waals surface area contributed by atoms with E-state index in [0.717, 1.165) is 0 Å². The molecule has 0 amide bonds. The molecular formula is C11H13NO3. The van der Waals surface area contributed by atoms with Crippen LogP contribution < -0.4 is 4.74 Å². The van der Waals surface area contributed by atoms with Crippen molar-refractivity contribution in [2.75, 3.05) is 6.61 Å². The number of fused-ring (bicyclic) bond motifs is 1. The van der Waals surface area contributed by atoms with Crippen LogP contribution in [0.5, 0.6) is 11.8 Å². The van der Waals surface area contributed by atoms with Crippen LogP contribution in [-0.4, -0.2) is 16.7 Å². The topological polar surface area (TPSA) is 55.5 Å². The van der Waals surface area contributed by atoms with Gasteiger partial charge in [-0.1, -0.05) is 19.9 Å². The summed E-state index contributed by atoms with van der Waals surface area (Å²) in [6.07, 6.45) is 0.209. The Labute approximate surface area is 87.5 Å². The number of nitrogens with zero attached hydrogens (tertiary/aromatic N) is 1. The Morgan fingerprint density at radius 1 is 1.47 bits per heavy atom. The molecule has 2 aromatic rings. The molecule has 0 radical (unpaired) electrons. The Bertz CT molecular complexity index is 462. The summed E-state index contributed by atoms with van der Waals surface area (Å²) in [6, 6.07) is 5.01. The molecule has 4 nitrogen and oxygen atoms in total. The number of rotatable bonds is 3. The van der Waals surface area contributed by atoms with Crippen LogP contribution in [-0.2, 0) is 0 Å². The second-order valence-electron chi connectivity index (χ2n) is 3.81. The molecule has 0 spiro atoms. The van der Waals surface area contributed by atoms with Crippen LogP contribution >= 0.6 is 0 Å².